The van der Waals surface area contributed by atoms with Gasteiger partial charge in [0.15, 0.2) is 11.6 Å². The number of anilines is 2. The minimum Gasteiger partial charge on any atom is -0.505 e. The predicted molar refractivity (Wildman–Crippen MR) is 74.0 cm³/mol. The summed E-state index contributed by atoms with van der Waals surface area (Å²) in [5.41, 5.74) is 4.35. The largest absolute Gasteiger partial charge is 0.505 e. The van der Waals surface area contributed by atoms with Crippen molar-refractivity contribution in [3.05, 3.63) is 53.3 Å². The lowest BCUT2D eigenvalue weighted by molar-refractivity contribution is 0.432. The number of halogens is 1. The molecule has 0 radical (unpaired) electrons. The molecule has 1 heterocycles. The molecule has 3 rings (SSSR count). The third kappa shape index (κ3) is 2.34. The lowest BCUT2D eigenvalue weighted by Crippen LogP contribution is -2.03. The van der Waals surface area contributed by atoms with E-state index in [4.69, 9.17) is 5.11 Å². The van der Waals surface area contributed by atoms with Gasteiger partial charge in [0, 0.05) is 30.5 Å². The van der Waals surface area contributed by atoms with E-state index in [-0.39, 0.29) is 5.75 Å². The highest BCUT2D eigenvalue weighted by Gasteiger charge is 2.13. The van der Waals surface area contributed by atoms with Crippen molar-refractivity contribution >= 4 is 11.4 Å². The normalized spacial score (nSPS) is 12.9. The zero-order valence-corrected chi connectivity index (χ0v) is 10.4. The van der Waals surface area contributed by atoms with Gasteiger partial charge in [0.25, 0.3) is 0 Å². The Balaban J connectivity index is 1.76. The summed E-state index contributed by atoms with van der Waals surface area (Å²) < 4.78 is 13.2. The van der Waals surface area contributed by atoms with Crippen LogP contribution >= 0.6 is 0 Å². The van der Waals surface area contributed by atoms with Gasteiger partial charge < -0.3 is 15.7 Å². The Morgan fingerprint density at radius 1 is 1.26 bits per heavy atom. The van der Waals surface area contributed by atoms with Crippen LogP contribution < -0.4 is 10.6 Å². The van der Waals surface area contributed by atoms with E-state index in [2.05, 4.69) is 22.8 Å². The molecule has 4 heteroatoms. The molecule has 0 spiro atoms. The maximum atomic E-state index is 13.2. The highest BCUT2D eigenvalue weighted by molar-refractivity contribution is 5.62. The van der Waals surface area contributed by atoms with Crippen LogP contribution in [-0.2, 0) is 13.0 Å². The van der Waals surface area contributed by atoms with Crippen LogP contribution in [0.25, 0.3) is 0 Å². The summed E-state index contributed by atoms with van der Waals surface area (Å²) in [6.45, 7) is 1.60. The first kappa shape index (κ1) is 11.8. The zero-order chi connectivity index (χ0) is 13.2. The van der Waals surface area contributed by atoms with Gasteiger partial charge in [-0.25, -0.2) is 4.39 Å². The van der Waals surface area contributed by atoms with Crippen LogP contribution in [0.2, 0.25) is 0 Å². The molecule has 3 nitrogen and oxygen atoms in total. The molecule has 2 aromatic rings. The van der Waals surface area contributed by atoms with Gasteiger partial charge in [-0.3, -0.25) is 0 Å². The van der Waals surface area contributed by atoms with E-state index in [0.29, 0.717) is 12.2 Å². The van der Waals surface area contributed by atoms with Crippen LogP contribution in [0.3, 0.4) is 0 Å². The number of hydrogen-bond acceptors (Lipinski definition) is 3. The molecule has 1 aliphatic rings. The summed E-state index contributed by atoms with van der Waals surface area (Å²) >= 11 is 0. The number of benzene rings is 2. The fraction of sp³-hybridized carbons (Fsp3) is 0.200. The molecule has 0 aliphatic carbocycles. The van der Waals surface area contributed by atoms with E-state index in [1.165, 1.54) is 28.9 Å². The lowest BCUT2D eigenvalue weighted by Gasteiger charge is -2.11. The van der Waals surface area contributed by atoms with E-state index in [9.17, 15) is 4.39 Å². The highest BCUT2D eigenvalue weighted by Crippen LogP contribution is 2.27. The summed E-state index contributed by atoms with van der Waals surface area (Å²) in [5, 5.41) is 15.7. The number of hydrogen-bond donors (Lipinski definition) is 3. The van der Waals surface area contributed by atoms with Gasteiger partial charge in [-0.15, -0.1) is 0 Å². The summed E-state index contributed by atoms with van der Waals surface area (Å²) in [7, 11) is 0. The van der Waals surface area contributed by atoms with Crippen LogP contribution in [0.4, 0.5) is 15.8 Å². The Bertz CT molecular complexity index is 613. The van der Waals surface area contributed by atoms with Crippen LogP contribution in [0.15, 0.2) is 36.4 Å². The maximum absolute atomic E-state index is 13.2. The SMILES string of the molecule is Oc1ccc(NCc2cccc3c2NCC3)cc1F. The van der Waals surface area contributed by atoms with Crippen LogP contribution in [0, 0.1) is 5.82 Å². The fourth-order valence-electron chi connectivity index (χ4n) is 2.37. The first-order valence-electron chi connectivity index (χ1n) is 6.31. The highest BCUT2D eigenvalue weighted by atomic mass is 19.1. The van der Waals surface area contributed by atoms with E-state index < -0.39 is 5.82 Å². The van der Waals surface area contributed by atoms with Gasteiger partial charge in [0.2, 0.25) is 0 Å². The van der Waals surface area contributed by atoms with Gasteiger partial charge >= 0.3 is 0 Å². The number of phenols is 1. The van der Waals surface area contributed by atoms with Crippen molar-refractivity contribution in [2.75, 3.05) is 17.2 Å². The van der Waals surface area contributed by atoms with Gasteiger partial charge in [-0.05, 0) is 29.7 Å². The predicted octanol–water partition coefficient (Wildman–Crippen LogP) is 3.11. The second-order valence-electron chi connectivity index (χ2n) is 4.65. The number of rotatable bonds is 3. The van der Waals surface area contributed by atoms with Crippen molar-refractivity contribution in [2.45, 2.75) is 13.0 Å². The fourth-order valence-corrected chi connectivity index (χ4v) is 2.37. The standard InChI is InChI=1S/C15H15FN2O/c16-13-8-12(4-5-14(13)19)18-9-11-3-1-2-10-6-7-17-15(10)11/h1-5,8,17-19H,6-7,9H2. The van der Waals surface area contributed by atoms with Crippen molar-refractivity contribution < 1.29 is 9.50 Å². The van der Waals surface area contributed by atoms with Gasteiger partial charge in [0.1, 0.15) is 0 Å². The van der Waals surface area contributed by atoms with Crippen molar-refractivity contribution in [1.29, 1.82) is 0 Å². The third-order valence-corrected chi connectivity index (χ3v) is 3.36. The van der Waals surface area contributed by atoms with E-state index in [1.54, 1.807) is 6.07 Å². The quantitative estimate of drug-likeness (QED) is 0.741. The van der Waals surface area contributed by atoms with Crippen molar-refractivity contribution in [3.8, 4) is 5.75 Å². The molecule has 2 aromatic carbocycles. The molecule has 0 saturated heterocycles. The molecule has 0 aromatic heterocycles. The molecule has 98 valence electrons. The lowest BCUT2D eigenvalue weighted by atomic mass is 10.1. The summed E-state index contributed by atoms with van der Waals surface area (Å²) in [6.07, 6.45) is 1.05. The third-order valence-electron chi connectivity index (χ3n) is 3.36. The van der Waals surface area contributed by atoms with Crippen LogP contribution in [0.5, 0.6) is 5.75 Å². The topological polar surface area (TPSA) is 44.3 Å². The number of nitrogens with one attached hydrogen (secondary N) is 2. The summed E-state index contributed by atoms with van der Waals surface area (Å²) in [6, 6.07) is 10.5. The van der Waals surface area contributed by atoms with Gasteiger partial charge in [0.05, 0.1) is 0 Å². The summed E-state index contributed by atoms with van der Waals surface area (Å²) in [5.74, 6) is -0.936. The molecular weight excluding hydrogens is 243 g/mol. The second-order valence-corrected chi connectivity index (χ2v) is 4.65. The van der Waals surface area contributed by atoms with Crippen molar-refractivity contribution in [1.82, 2.24) is 0 Å². The Hall–Kier alpha value is -2.23. The minimum atomic E-state index is -0.610. The van der Waals surface area contributed by atoms with Crippen LogP contribution in [-0.4, -0.2) is 11.7 Å². The molecular formula is C15H15FN2O. The first-order chi connectivity index (χ1) is 9.24. The Labute approximate surface area is 111 Å². The minimum absolute atomic E-state index is 0.326. The maximum Gasteiger partial charge on any atom is 0.166 e. The molecule has 0 fully saturated rings. The molecule has 0 saturated carbocycles. The smallest absolute Gasteiger partial charge is 0.166 e. The Morgan fingerprint density at radius 2 is 2.16 bits per heavy atom. The Morgan fingerprint density at radius 3 is 3.00 bits per heavy atom. The zero-order valence-electron chi connectivity index (χ0n) is 10.4. The van der Waals surface area contributed by atoms with E-state index in [1.807, 2.05) is 6.07 Å². The monoisotopic (exact) mass is 258 g/mol. The average molecular weight is 258 g/mol. The van der Waals surface area contributed by atoms with Crippen molar-refractivity contribution in [3.63, 3.8) is 0 Å². The molecule has 19 heavy (non-hydrogen) atoms. The average Bonchev–Trinajstić information content (AvgIpc) is 2.89. The van der Waals surface area contributed by atoms with Crippen LogP contribution in [0.1, 0.15) is 11.1 Å². The van der Waals surface area contributed by atoms with Gasteiger partial charge in [-0.2, -0.15) is 0 Å². The number of aromatic hydroxyl groups is 1. The number of phenolic OH excluding ortho intramolecular Hbond substituents is 1. The molecule has 3 N–H and O–H groups in total. The second kappa shape index (κ2) is 4.80. The molecule has 0 atom stereocenters. The number of para-hydroxylation sites is 1. The molecule has 0 bridgehead atoms. The molecule has 0 unspecified atom stereocenters. The van der Waals surface area contributed by atoms with E-state index >= 15 is 0 Å². The number of fused-ring (bicyclic) bond motifs is 1. The van der Waals surface area contributed by atoms with E-state index in [0.717, 1.165) is 13.0 Å². The Kier molecular flexibility index (Phi) is 2.99. The molecule has 1 aliphatic heterocycles. The van der Waals surface area contributed by atoms with Gasteiger partial charge in [-0.1, -0.05) is 18.2 Å². The van der Waals surface area contributed by atoms with Crippen molar-refractivity contribution in [2.24, 2.45) is 0 Å². The first-order valence-corrected chi connectivity index (χ1v) is 6.31. The summed E-state index contributed by atoms with van der Waals surface area (Å²) in [4.78, 5) is 0. The molecule has 0 amide bonds.